The monoisotopic (exact) mass is 220 g/mol. The molecule has 0 unspecified atom stereocenters. The molecule has 0 spiro atoms. The van der Waals surface area contributed by atoms with E-state index in [4.69, 9.17) is 0 Å². The molecule has 16 heavy (non-hydrogen) atoms. The predicted octanol–water partition coefficient (Wildman–Crippen LogP) is -0.292. The molecule has 2 aromatic heterocycles. The number of amides is 1. The maximum Gasteiger partial charge on any atom is 0.222 e. The van der Waals surface area contributed by atoms with Gasteiger partial charge in [-0.3, -0.25) is 14.6 Å². The SMILES string of the molecule is O=C(CCn1ccnn1)NCc1ccn[nH]1. The Morgan fingerprint density at radius 2 is 2.44 bits per heavy atom. The van der Waals surface area contributed by atoms with E-state index in [2.05, 4.69) is 25.8 Å². The summed E-state index contributed by atoms with van der Waals surface area (Å²) in [5.41, 5.74) is 0.883. The third-order valence-electron chi connectivity index (χ3n) is 2.07. The maximum atomic E-state index is 11.4. The van der Waals surface area contributed by atoms with Crippen molar-refractivity contribution in [2.24, 2.45) is 0 Å². The molecular weight excluding hydrogens is 208 g/mol. The molecule has 0 aromatic carbocycles. The van der Waals surface area contributed by atoms with Crippen molar-refractivity contribution in [1.29, 1.82) is 0 Å². The van der Waals surface area contributed by atoms with E-state index < -0.39 is 0 Å². The second-order valence-electron chi connectivity index (χ2n) is 3.27. The van der Waals surface area contributed by atoms with Crippen molar-refractivity contribution in [1.82, 2.24) is 30.5 Å². The van der Waals surface area contributed by atoms with E-state index in [1.165, 1.54) is 0 Å². The van der Waals surface area contributed by atoms with Gasteiger partial charge in [0.2, 0.25) is 5.91 Å². The second-order valence-corrected chi connectivity index (χ2v) is 3.27. The smallest absolute Gasteiger partial charge is 0.222 e. The largest absolute Gasteiger partial charge is 0.350 e. The fraction of sp³-hybridized carbons (Fsp3) is 0.333. The first-order chi connectivity index (χ1) is 7.84. The minimum absolute atomic E-state index is 0.0231. The van der Waals surface area contributed by atoms with Gasteiger partial charge in [-0.15, -0.1) is 5.10 Å². The van der Waals surface area contributed by atoms with Crippen molar-refractivity contribution in [3.05, 3.63) is 30.4 Å². The topological polar surface area (TPSA) is 88.5 Å². The molecule has 0 aliphatic heterocycles. The van der Waals surface area contributed by atoms with Crippen LogP contribution in [0.25, 0.3) is 0 Å². The number of hydrogen-bond donors (Lipinski definition) is 2. The van der Waals surface area contributed by atoms with Gasteiger partial charge in [-0.1, -0.05) is 5.21 Å². The fourth-order valence-corrected chi connectivity index (χ4v) is 1.23. The van der Waals surface area contributed by atoms with Crippen LogP contribution in [0.5, 0.6) is 0 Å². The first-order valence-electron chi connectivity index (χ1n) is 4.93. The molecule has 0 aliphatic rings. The average molecular weight is 220 g/mol. The first kappa shape index (κ1) is 10.3. The van der Waals surface area contributed by atoms with Crippen LogP contribution in [0.2, 0.25) is 0 Å². The second kappa shape index (κ2) is 5.06. The molecule has 2 heterocycles. The van der Waals surface area contributed by atoms with E-state index in [1.807, 2.05) is 6.07 Å². The van der Waals surface area contributed by atoms with Gasteiger partial charge in [0.05, 0.1) is 25.0 Å². The highest BCUT2D eigenvalue weighted by Gasteiger charge is 2.02. The van der Waals surface area contributed by atoms with Gasteiger partial charge in [-0.2, -0.15) is 5.10 Å². The van der Waals surface area contributed by atoms with E-state index in [1.54, 1.807) is 23.3 Å². The zero-order valence-electron chi connectivity index (χ0n) is 8.63. The third-order valence-corrected chi connectivity index (χ3v) is 2.07. The molecule has 0 saturated heterocycles. The van der Waals surface area contributed by atoms with Crippen LogP contribution in [-0.4, -0.2) is 31.1 Å². The summed E-state index contributed by atoms with van der Waals surface area (Å²) in [4.78, 5) is 11.4. The highest BCUT2D eigenvalue weighted by atomic mass is 16.1. The minimum atomic E-state index is -0.0231. The molecule has 84 valence electrons. The number of aromatic amines is 1. The van der Waals surface area contributed by atoms with E-state index in [0.717, 1.165) is 5.69 Å². The van der Waals surface area contributed by atoms with Crippen LogP contribution in [0.15, 0.2) is 24.7 Å². The summed E-state index contributed by atoms with van der Waals surface area (Å²) < 4.78 is 1.62. The Hall–Kier alpha value is -2.18. The normalized spacial score (nSPS) is 10.2. The van der Waals surface area contributed by atoms with Gasteiger partial charge in [-0.25, -0.2) is 0 Å². The van der Waals surface area contributed by atoms with Crippen molar-refractivity contribution >= 4 is 5.91 Å². The van der Waals surface area contributed by atoms with E-state index in [-0.39, 0.29) is 5.91 Å². The van der Waals surface area contributed by atoms with Crippen LogP contribution in [0.1, 0.15) is 12.1 Å². The Bertz CT molecular complexity index is 381. The summed E-state index contributed by atoms with van der Waals surface area (Å²) in [7, 11) is 0. The molecule has 0 saturated carbocycles. The number of aromatic nitrogens is 5. The highest BCUT2D eigenvalue weighted by molar-refractivity contribution is 5.75. The Balaban J connectivity index is 1.69. The first-order valence-corrected chi connectivity index (χ1v) is 4.93. The molecule has 7 heteroatoms. The quantitative estimate of drug-likeness (QED) is 0.724. The number of nitrogens with zero attached hydrogens (tertiary/aromatic N) is 4. The molecular formula is C9H12N6O. The van der Waals surface area contributed by atoms with Crippen LogP contribution < -0.4 is 5.32 Å². The van der Waals surface area contributed by atoms with Gasteiger partial charge in [-0.05, 0) is 6.07 Å². The molecule has 0 bridgehead atoms. The lowest BCUT2D eigenvalue weighted by Gasteiger charge is -2.03. The summed E-state index contributed by atoms with van der Waals surface area (Å²) in [5, 5.41) is 16.8. The summed E-state index contributed by atoms with van der Waals surface area (Å²) in [6, 6.07) is 1.82. The summed E-state index contributed by atoms with van der Waals surface area (Å²) >= 11 is 0. The number of rotatable bonds is 5. The summed E-state index contributed by atoms with van der Waals surface area (Å²) in [6.07, 6.45) is 5.35. The van der Waals surface area contributed by atoms with Gasteiger partial charge >= 0.3 is 0 Å². The van der Waals surface area contributed by atoms with Crippen LogP contribution in [-0.2, 0) is 17.9 Å². The predicted molar refractivity (Wildman–Crippen MR) is 55.1 cm³/mol. The number of carbonyl (C=O) groups excluding carboxylic acids is 1. The van der Waals surface area contributed by atoms with Gasteiger partial charge < -0.3 is 5.32 Å². The molecule has 2 N–H and O–H groups in total. The third kappa shape index (κ3) is 2.91. The zero-order chi connectivity index (χ0) is 11.2. The molecule has 0 radical (unpaired) electrons. The molecule has 2 aromatic rings. The van der Waals surface area contributed by atoms with Gasteiger partial charge in [0.15, 0.2) is 0 Å². The zero-order valence-corrected chi connectivity index (χ0v) is 8.63. The standard InChI is InChI=1S/C9H12N6O/c16-9(2-5-15-6-4-12-14-15)10-7-8-1-3-11-13-8/h1,3-4,6H,2,5,7H2,(H,10,16)(H,11,13). The van der Waals surface area contributed by atoms with E-state index in [9.17, 15) is 4.79 Å². The van der Waals surface area contributed by atoms with Crippen molar-refractivity contribution < 1.29 is 4.79 Å². The molecule has 2 rings (SSSR count). The van der Waals surface area contributed by atoms with Gasteiger partial charge in [0, 0.05) is 18.8 Å². The highest BCUT2D eigenvalue weighted by Crippen LogP contribution is 1.92. The van der Waals surface area contributed by atoms with E-state index in [0.29, 0.717) is 19.5 Å². The number of nitrogens with one attached hydrogen (secondary N) is 2. The van der Waals surface area contributed by atoms with Crippen molar-refractivity contribution in [3.63, 3.8) is 0 Å². The van der Waals surface area contributed by atoms with Crippen molar-refractivity contribution in [2.75, 3.05) is 0 Å². The molecule has 0 aliphatic carbocycles. The molecule has 7 nitrogen and oxygen atoms in total. The van der Waals surface area contributed by atoms with Gasteiger partial charge in [0.25, 0.3) is 0 Å². The number of hydrogen-bond acceptors (Lipinski definition) is 4. The lowest BCUT2D eigenvalue weighted by molar-refractivity contribution is -0.121. The van der Waals surface area contributed by atoms with Crippen LogP contribution in [0, 0.1) is 0 Å². The number of aryl methyl sites for hydroxylation is 1. The fourth-order valence-electron chi connectivity index (χ4n) is 1.23. The van der Waals surface area contributed by atoms with Crippen LogP contribution >= 0.6 is 0 Å². The molecule has 1 amide bonds. The van der Waals surface area contributed by atoms with Gasteiger partial charge in [0.1, 0.15) is 0 Å². The lowest BCUT2D eigenvalue weighted by atomic mass is 10.3. The number of H-pyrrole nitrogens is 1. The molecule has 0 atom stereocenters. The van der Waals surface area contributed by atoms with E-state index >= 15 is 0 Å². The van der Waals surface area contributed by atoms with Crippen LogP contribution in [0.4, 0.5) is 0 Å². The Labute approximate surface area is 91.9 Å². The van der Waals surface area contributed by atoms with Crippen molar-refractivity contribution in [3.8, 4) is 0 Å². The Morgan fingerprint density at radius 3 is 3.12 bits per heavy atom. The number of carbonyl (C=O) groups is 1. The lowest BCUT2D eigenvalue weighted by Crippen LogP contribution is -2.24. The maximum absolute atomic E-state index is 11.4. The summed E-state index contributed by atoms with van der Waals surface area (Å²) in [6.45, 7) is 1.00. The summed E-state index contributed by atoms with van der Waals surface area (Å²) in [5.74, 6) is -0.0231. The average Bonchev–Trinajstić information content (AvgIpc) is 2.96. The van der Waals surface area contributed by atoms with Crippen molar-refractivity contribution in [2.45, 2.75) is 19.5 Å². The Kier molecular flexibility index (Phi) is 3.27. The minimum Gasteiger partial charge on any atom is -0.350 e. The Morgan fingerprint density at radius 1 is 1.50 bits per heavy atom. The van der Waals surface area contributed by atoms with Crippen LogP contribution in [0.3, 0.4) is 0 Å². The molecule has 0 fully saturated rings.